The van der Waals surface area contributed by atoms with Crippen molar-refractivity contribution >= 4 is 33.5 Å². The van der Waals surface area contributed by atoms with Crippen molar-refractivity contribution in [2.75, 3.05) is 5.32 Å². The molecule has 0 saturated carbocycles. The number of imidazole rings is 1. The van der Waals surface area contributed by atoms with Crippen LogP contribution in [0.25, 0.3) is 56.0 Å². The van der Waals surface area contributed by atoms with E-state index in [-0.39, 0.29) is 34.9 Å². The third-order valence-electron chi connectivity index (χ3n) is 6.80. The minimum Gasteiger partial charge on any atom is -0.336 e. The summed E-state index contributed by atoms with van der Waals surface area (Å²) >= 11 is 0. The lowest BCUT2D eigenvalue weighted by molar-refractivity contribution is -0.115. The minimum atomic E-state index is -0.640. The Bertz CT molecular complexity index is 2110. The maximum atomic E-state index is 16.1. The van der Waals surface area contributed by atoms with Gasteiger partial charge in [-0.05, 0) is 29.8 Å². The molecule has 1 amide bonds. The fourth-order valence-corrected chi connectivity index (χ4v) is 4.87. The number of hydrogen-bond acceptors (Lipinski definition) is 6. The summed E-state index contributed by atoms with van der Waals surface area (Å²) in [6.45, 7) is 0. The number of H-pyrrole nitrogens is 2. The number of anilines is 1. The predicted octanol–water partition coefficient (Wildman–Crippen LogP) is 6.08. The number of carbonyl (C=O) groups is 1. The van der Waals surface area contributed by atoms with Gasteiger partial charge < -0.3 is 10.3 Å². The molecule has 0 radical (unpaired) electrons. The second-order valence-corrected chi connectivity index (χ2v) is 9.58. The van der Waals surface area contributed by atoms with Crippen LogP contribution in [0.5, 0.6) is 0 Å². The highest BCUT2D eigenvalue weighted by atomic mass is 19.1. The summed E-state index contributed by atoms with van der Waals surface area (Å²) in [5.41, 5.74) is 3.93. The molecule has 7 rings (SSSR count). The number of aromatic amines is 2. The van der Waals surface area contributed by atoms with E-state index in [0.717, 1.165) is 5.56 Å². The van der Waals surface area contributed by atoms with E-state index < -0.39 is 11.6 Å². The molecule has 7 aromatic rings. The smallest absolute Gasteiger partial charge is 0.228 e. The van der Waals surface area contributed by atoms with Crippen LogP contribution in [0.1, 0.15) is 5.56 Å². The maximum absolute atomic E-state index is 16.1. The van der Waals surface area contributed by atoms with E-state index >= 15 is 4.39 Å². The molecule has 0 unspecified atom stereocenters. The molecule has 0 fully saturated rings. The zero-order chi connectivity index (χ0) is 28.6. The summed E-state index contributed by atoms with van der Waals surface area (Å²) in [7, 11) is 0. The number of benzene rings is 2. The number of nitrogens with zero attached hydrogens (tertiary/aromatic N) is 5. The lowest BCUT2D eigenvalue weighted by atomic mass is 10.1. The lowest BCUT2D eigenvalue weighted by Gasteiger charge is -2.08. The second-order valence-electron chi connectivity index (χ2n) is 9.58. The Balaban J connectivity index is 1.25. The van der Waals surface area contributed by atoms with Gasteiger partial charge in [0.05, 0.1) is 40.9 Å². The van der Waals surface area contributed by atoms with Crippen LogP contribution in [0.4, 0.5) is 14.5 Å². The number of fused-ring (bicyclic) bond motifs is 2. The third-order valence-corrected chi connectivity index (χ3v) is 6.80. The number of pyridine rings is 3. The number of carbonyl (C=O) groups excluding carboxylic acids is 1. The molecule has 0 aliphatic rings. The SMILES string of the molecule is O=C(Cc1ccccc1)Nc1cncc(-c2ncc3[nH]nc(-c4nc5c(-c6ccccc6F)nccc5[nH]4)c3c2F)c1. The summed E-state index contributed by atoms with van der Waals surface area (Å²) in [4.78, 5) is 33.2. The van der Waals surface area contributed by atoms with Gasteiger partial charge in [-0.15, -0.1) is 0 Å². The molecule has 2 aromatic carbocycles. The highest BCUT2D eigenvalue weighted by Gasteiger charge is 2.22. The molecule has 11 heteroatoms. The number of nitrogens with one attached hydrogen (secondary N) is 3. The Kier molecular flexibility index (Phi) is 6.16. The largest absolute Gasteiger partial charge is 0.336 e. The van der Waals surface area contributed by atoms with Crippen molar-refractivity contribution < 1.29 is 13.6 Å². The maximum Gasteiger partial charge on any atom is 0.228 e. The summed E-state index contributed by atoms with van der Waals surface area (Å²) in [6.07, 6.45) is 6.17. The third kappa shape index (κ3) is 4.52. The van der Waals surface area contributed by atoms with Crippen LogP contribution in [0.2, 0.25) is 0 Å². The summed E-state index contributed by atoms with van der Waals surface area (Å²) < 4.78 is 30.7. The van der Waals surface area contributed by atoms with Crippen LogP contribution in [0.3, 0.4) is 0 Å². The number of halogens is 2. The standard InChI is InChI=1S/C31H20F2N8O/c32-21-9-5-4-8-20(21)28-29-22(10-11-35-28)38-31(39-29)30-25-23(40-41-30)16-36-27(26(25)33)18-13-19(15-34-14-18)37-24(42)12-17-6-2-1-3-7-17/h1-11,13-16H,12H2,(H,37,42)(H,38,39)(H,40,41). The van der Waals surface area contributed by atoms with Crippen LogP contribution in [-0.2, 0) is 11.2 Å². The average Bonchev–Trinajstić information content (AvgIpc) is 3.63. The highest BCUT2D eigenvalue weighted by Crippen LogP contribution is 2.34. The van der Waals surface area contributed by atoms with E-state index in [9.17, 15) is 9.18 Å². The quantitative estimate of drug-likeness (QED) is 0.227. The average molecular weight is 559 g/mol. The van der Waals surface area contributed by atoms with Crippen LogP contribution in [-0.4, -0.2) is 41.0 Å². The van der Waals surface area contributed by atoms with Crippen molar-refractivity contribution in [3.63, 3.8) is 0 Å². The summed E-state index contributed by atoms with van der Waals surface area (Å²) in [5.74, 6) is -1.02. The van der Waals surface area contributed by atoms with Gasteiger partial charge in [0.15, 0.2) is 11.6 Å². The molecular weight excluding hydrogens is 538 g/mol. The van der Waals surface area contributed by atoms with Crippen molar-refractivity contribution in [3.05, 3.63) is 109 Å². The fourth-order valence-electron chi connectivity index (χ4n) is 4.87. The Hall–Kier alpha value is -5.84. The molecule has 3 N–H and O–H groups in total. The van der Waals surface area contributed by atoms with Crippen LogP contribution >= 0.6 is 0 Å². The van der Waals surface area contributed by atoms with E-state index in [2.05, 4.69) is 40.4 Å². The van der Waals surface area contributed by atoms with Crippen molar-refractivity contribution in [2.45, 2.75) is 6.42 Å². The molecule has 5 heterocycles. The molecule has 0 aliphatic heterocycles. The van der Waals surface area contributed by atoms with Gasteiger partial charge in [0.25, 0.3) is 0 Å². The summed E-state index contributed by atoms with van der Waals surface area (Å²) in [5, 5.41) is 10.1. The van der Waals surface area contributed by atoms with Gasteiger partial charge in [0, 0.05) is 23.5 Å². The lowest BCUT2D eigenvalue weighted by Crippen LogP contribution is -2.14. The Morgan fingerprint density at radius 1 is 0.857 bits per heavy atom. The van der Waals surface area contributed by atoms with E-state index in [1.54, 1.807) is 36.5 Å². The van der Waals surface area contributed by atoms with Gasteiger partial charge in [-0.25, -0.2) is 13.8 Å². The second kappa shape index (κ2) is 10.3. The van der Waals surface area contributed by atoms with Gasteiger partial charge in [-0.3, -0.25) is 24.8 Å². The Morgan fingerprint density at radius 2 is 1.69 bits per heavy atom. The molecule has 0 saturated heterocycles. The van der Waals surface area contributed by atoms with Crippen molar-refractivity contribution in [1.82, 2.24) is 35.1 Å². The van der Waals surface area contributed by atoms with Crippen LogP contribution in [0, 0.1) is 11.6 Å². The molecule has 0 atom stereocenters. The number of rotatable bonds is 6. The first kappa shape index (κ1) is 25.1. The van der Waals surface area contributed by atoms with E-state index in [0.29, 0.717) is 39.1 Å². The zero-order valence-corrected chi connectivity index (χ0v) is 21.8. The first-order chi connectivity index (χ1) is 20.5. The minimum absolute atomic E-state index is 0.0293. The Morgan fingerprint density at radius 3 is 2.55 bits per heavy atom. The van der Waals surface area contributed by atoms with E-state index in [4.69, 9.17) is 0 Å². The molecule has 42 heavy (non-hydrogen) atoms. The first-order valence-corrected chi connectivity index (χ1v) is 13.0. The van der Waals surface area contributed by atoms with E-state index in [1.165, 1.54) is 24.7 Å². The molecule has 0 aliphatic carbocycles. The monoisotopic (exact) mass is 558 g/mol. The van der Waals surface area contributed by atoms with Gasteiger partial charge in [-0.1, -0.05) is 42.5 Å². The van der Waals surface area contributed by atoms with Gasteiger partial charge >= 0.3 is 0 Å². The summed E-state index contributed by atoms with van der Waals surface area (Å²) in [6, 6.07) is 19.0. The topological polar surface area (TPSA) is 125 Å². The molecular formula is C31H20F2N8O. The number of hydrogen-bond donors (Lipinski definition) is 3. The van der Waals surface area contributed by atoms with Crippen molar-refractivity contribution in [1.29, 1.82) is 0 Å². The highest BCUT2D eigenvalue weighted by molar-refractivity contribution is 5.98. The van der Waals surface area contributed by atoms with Gasteiger partial charge in [-0.2, -0.15) is 5.10 Å². The zero-order valence-electron chi connectivity index (χ0n) is 21.8. The van der Waals surface area contributed by atoms with Crippen LogP contribution < -0.4 is 5.32 Å². The van der Waals surface area contributed by atoms with Gasteiger partial charge in [0.1, 0.15) is 28.4 Å². The first-order valence-electron chi connectivity index (χ1n) is 13.0. The van der Waals surface area contributed by atoms with Crippen molar-refractivity contribution in [3.8, 4) is 34.0 Å². The number of amides is 1. The molecule has 0 spiro atoms. The van der Waals surface area contributed by atoms with Gasteiger partial charge in [0.2, 0.25) is 5.91 Å². The van der Waals surface area contributed by atoms with Crippen molar-refractivity contribution in [2.24, 2.45) is 0 Å². The van der Waals surface area contributed by atoms with E-state index in [1.807, 2.05) is 30.3 Å². The fraction of sp³-hybridized carbons (Fsp3) is 0.0323. The molecule has 204 valence electrons. The molecule has 5 aromatic heterocycles. The molecule has 9 nitrogen and oxygen atoms in total. The predicted molar refractivity (Wildman–Crippen MR) is 154 cm³/mol. The van der Waals surface area contributed by atoms with Crippen LogP contribution in [0.15, 0.2) is 91.5 Å². The normalized spacial score (nSPS) is 11.3. The molecule has 0 bridgehead atoms. The number of aromatic nitrogens is 7. The Labute approximate surface area is 236 Å².